The molecule has 0 spiro atoms. The molecule has 0 bridgehead atoms. The zero-order valence-electron chi connectivity index (χ0n) is 14.6. The first-order valence-electron chi connectivity index (χ1n) is 8.54. The van der Waals surface area contributed by atoms with Crippen molar-refractivity contribution in [2.24, 2.45) is 5.92 Å². The molecule has 0 aromatic rings. The molecule has 130 valence electrons. The first kappa shape index (κ1) is 19.2. The Morgan fingerprint density at radius 3 is 2.64 bits per heavy atom. The van der Waals surface area contributed by atoms with Crippen molar-refractivity contribution >= 4 is 6.09 Å². The summed E-state index contributed by atoms with van der Waals surface area (Å²) in [6, 6.07) is 0.0928. The van der Waals surface area contributed by atoms with E-state index in [4.69, 9.17) is 14.6 Å². The number of amides is 1. The number of carbonyl (C=O) groups is 1. The largest absolute Gasteiger partial charge is 0.444 e. The Labute approximate surface area is 134 Å². The molecule has 5 heteroatoms. The summed E-state index contributed by atoms with van der Waals surface area (Å²) in [6.07, 6.45) is 6.57. The van der Waals surface area contributed by atoms with Crippen molar-refractivity contribution in [2.45, 2.75) is 84.0 Å². The Bertz CT molecular complexity index is 327. The first-order chi connectivity index (χ1) is 10.3. The summed E-state index contributed by atoms with van der Waals surface area (Å²) < 4.78 is 11.0. The van der Waals surface area contributed by atoms with Gasteiger partial charge in [-0.3, -0.25) is 0 Å². The van der Waals surface area contributed by atoms with Crippen LogP contribution < -0.4 is 5.32 Å². The predicted octanol–water partition coefficient (Wildman–Crippen LogP) is 3.25. The van der Waals surface area contributed by atoms with Gasteiger partial charge in [-0.2, -0.15) is 0 Å². The molecule has 3 atom stereocenters. The van der Waals surface area contributed by atoms with Gasteiger partial charge in [0.2, 0.25) is 0 Å². The molecule has 2 N–H and O–H groups in total. The summed E-state index contributed by atoms with van der Waals surface area (Å²) in [7, 11) is 0. The van der Waals surface area contributed by atoms with Crippen molar-refractivity contribution in [1.29, 1.82) is 0 Å². The summed E-state index contributed by atoms with van der Waals surface area (Å²) in [5.74, 6) is 0.531. The number of rotatable bonds is 7. The smallest absolute Gasteiger partial charge is 0.407 e. The van der Waals surface area contributed by atoms with Gasteiger partial charge < -0.3 is 19.9 Å². The molecule has 1 rings (SSSR count). The Morgan fingerprint density at radius 2 is 2.00 bits per heavy atom. The standard InChI is InChI=1S/C17H33NO4/c1-13(18-16(20)22-17(2,3)4)9-10-14-7-5-6-8-15(14)21-12-11-19/h13-15,19H,5-12H2,1-4H3,(H,18,20)/t13-,14+,15+/m1/s1. The highest BCUT2D eigenvalue weighted by Crippen LogP contribution is 2.30. The Morgan fingerprint density at radius 1 is 1.32 bits per heavy atom. The summed E-state index contributed by atoms with van der Waals surface area (Å²) in [5, 5.41) is 11.8. The summed E-state index contributed by atoms with van der Waals surface area (Å²) in [4.78, 5) is 11.7. The molecule has 0 aromatic carbocycles. The van der Waals surface area contributed by atoms with Crippen molar-refractivity contribution in [3.05, 3.63) is 0 Å². The van der Waals surface area contributed by atoms with E-state index in [-0.39, 0.29) is 24.8 Å². The molecule has 1 saturated carbocycles. The molecule has 0 aromatic heterocycles. The van der Waals surface area contributed by atoms with Crippen LogP contribution in [0.2, 0.25) is 0 Å². The van der Waals surface area contributed by atoms with Crippen LogP contribution >= 0.6 is 0 Å². The van der Waals surface area contributed by atoms with E-state index in [1.165, 1.54) is 19.3 Å². The van der Waals surface area contributed by atoms with E-state index in [0.717, 1.165) is 19.3 Å². The van der Waals surface area contributed by atoms with Crippen LogP contribution in [0.3, 0.4) is 0 Å². The van der Waals surface area contributed by atoms with Crippen LogP contribution in [-0.2, 0) is 9.47 Å². The highest BCUT2D eigenvalue weighted by Gasteiger charge is 2.26. The van der Waals surface area contributed by atoms with Crippen LogP contribution in [0.15, 0.2) is 0 Å². The van der Waals surface area contributed by atoms with E-state index in [9.17, 15) is 4.79 Å². The van der Waals surface area contributed by atoms with Crippen LogP contribution in [0.4, 0.5) is 4.79 Å². The quantitative estimate of drug-likeness (QED) is 0.757. The van der Waals surface area contributed by atoms with Gasteiger partial charge in [0.05, 0.1) is 19.3 Å². The molecule has 22 heavy (non-hydrogen) atoms. The maximum Gasteiger partial charge on any atom is 0.407 e. The summed E-state index contributed by atoms with van der Waals surface area (Å²) >= 11 is 0. The zero-order chi connectivity index (χ0) is 16.6. The van der Waals surface area contributed by atoms with Gasteiger partial charge >= 0.3 is 6.09 Å². The van der Waals surface area contributed by atoms with Crippen molar-refractivity contribution in [1.82, 2.24) is 5.32 Å². The molecule has 1 fully saturated rings. The van der Waals surface area contributed by atoms with Gasteiger partial charge in [-0.25, -0.2) is 4.79 Å². The minimum Gasteiger partial charge on any atom is -0.444 e. The van der Waals surface area contributed by atoms with Gasteiger partial charge in [0, 0.05) is 6.04 Å². The monoisotopic (exact) mass is 315 g/mol. The second kappa shape index (κ2) is 9.36. The average molecular weight is 315 g/mol. The van der Waals surface area contributed by atoms with Crippen LogP contribution in [0.5, 0.6) is 0 Å². The van der Waals surface area contributed by atoms with Gasteiger partial charge in [0.25, 0.3) is 0 Å². The highest BCUT2D eigenvalue weighted by atomic mass is 16.6. The third-order valence-electron chi connectivity index (χ3n) is 4.00. The molecule has 0 unspecified atom stereocenters. The molecule has 0 heterocycles. The van der Waals surface area contributed by atoms with Crippen LogP contribution in [-0.4, -0.2) is 42.2 Å². The number of ether oxygens (including phenoxy) is 2. The lowest BCUT2D eigenvalue weighted by Crippen LogP contribution is -2.38. The lowest BCUT2D eigenvalue weighted by molar-refractivity contribution is -0.0281. The number of aliphatic hydroxyl groups is 1. The fourth-order valence-corrected chi connectivity index (χ4v) is 2.97. The Hall–Kier alpha value is -0.810. The number of hydrogen-bond donors (Lipinski definition) is 2. The number of nitrogens with one attached hydrogen (secondary N) is 1. The van der Waals surface area contributed by atoms with Crippen molar-refractivity contribution < 1.29 is 19.4 Å². The van der Waals surface area contributed by atoms with E-state index < -0.39 is 5.60 Å². The normalized spacial score (nSPS) is 23.9. The van der Waals surface area contributed by atoms with E-state index >= 15 is 0 Å². The van der Waals surface area contributed by atoms with E-state index in [2.05, 4.69) is 5.32 Å². The number of hydrogen-bond acceptors (Lipinski definition) is 4. The molecular weight excluding hydrogens is 282 g/mol. The molecule has 1 aliphatic rings. The van der Waals surface area contributed by atoms with E-state index in [1.807, 2.05) is 27.7 Å². The molecule has 1 aliphatic carbocycles. The van der Waals surface area contributed by atoms with Crippen LogP contribution in [0, 0.1) is 5.92 Å². The first-order valence-corrected chi connectivity index (χ1v) is 8.54. The van der Waals surface area contributed by atoms with Gasteiger partial charge in [-0.15, -0.1) is 0 Å². The lowest BCUT2D eigenvalue weighted by atomic mass is 9.82. The molecule has 1 amide bonds. The molecule has 5 nitrogen and oxygen atoms in total. The van der Waals surface area contributed by atoms with Crippen molar-refractivity contribution in [3.63, 3.8) is 0 Å². The second-order valence-corrected chi connectivity index (χ2v) is 7.30. The average Bonchev–Trinajstić information content (AvgIpc) is 2.41. The minimum atomic E-state index is -0.462. The topological polar surface area (TPSA) is 67.8 Å². The lowest BCUT2D eigenvalue weighted by Gasteiger charge is -2.32. The van der Waals surface area contributed by atoms with E-state index in [1.54, 1.807) is 0 Å². The highest BCUT2D eigenvalue weighted by molar-refractivity contribution is 5.67. The van der Waals surface area contributed by atoms with Crippen LogP contribution in [0.25, 0.3) is 0 Å². The Kier molecular flexibility index (Phi) is 8.18. The SMILES string of the molecule is C[C@H](CC[C@@H]1CCCC[C@@H]1OCCO)NC(=O)OC(C)(C)C. The molecule has 0 radical (unpaired) electrons. The third kappa shape index (κ3) is 7.99. The summed E-state index contributed by atoms with van der Waals surface area (Å²) in [6.45, 7) is 8.11. The van der Waals surface area contributed by atoms with E-state index in [0.29, 0.717) is 12.5 Å². The molecular formula is C17H33NO4. The minimum absolute atomic E-state index is 0.0832. The number of alkyl carbamates (subject to hydrolysis) is 1. The van der Waals surface area contributed by atoms with Crippen molar-refractivity contribution in [2.75, 3.05) is 13.2 Å². The van der Waals surface area contributed by atoms with Crippen LogP contribution in [0.1, 0.15) is 66.2 Å². The van der Waals surface area contributed by atoms with Gasteiger partial charge in [0.1, 0.15) is 5.60 Å². The fourth-order valence-electron chi connectivity index (χ4n) is 2.97. The Balaban J connectivity index is 2.31. The summed E-state index contributed by atoms with van der Waals surface area (Å²) in [5.41, 5.74) is -0.462. The van der Waals surface area contributed by atoms with Gasteiger partial charge in [-0.05, 0) is 59.3 Å². The van der Waals surface area contributed by atoms with Gasteiger partial charge in [0.15, 0.2) is 0 Å². The molecule has 0 saturated heterocycles. The third-order valence-corrected chi connectivity index (χ3v) is 4.00. The van der Waals surface area contributed by atoms with Crippen molar-refractivity contribution in [3.8, 4) is 0 Å². The molecule has 0 aliphatic heterocycles. The number of carbonyl (C=O) groups excluding carboxylic acids is 1. The maximum absolute atomic E-state index is 11.7. The fraction of sp³-hybridized carbons (Fsp3) is 0.941. The maximum atomic E-state index is 11.7. The second-order valence-electron chi connectivity index (χ2n) is 7.30. The number of aliphatic hydroxyl groups excluding tert-OH is 1. The zero-order valence-corrected chi connectivity index (χ0v) is 14.6. The predicted molar refractivity (Wildman–Crippen MR) is 86.8 cm³/mol. The van der Waals surface area contributed by atoms with Gasteiger partial charge in [-0.1, -0.05) is 12.8 Å².